The highest BCUT2D eigenvalue weighted by Crippen LogP contribution is 2.31. The molecule has 1 aromatic rings. The van der Waals surface area contributed by atoms with Crippen LogP contribution in [0.25, 0.3) is 0 Å². The summed E-state index contributed by atoms with van der Waals surface area (Å²) >= 11 is 0. The van der Waals surface area contributed by atoms with Crippen molar-refractivity contribution in [2.45, 2.75) is 66.5 Å². The van der Waals surface area contributed by atoms with Crippen molar-refractivity contribution in [3.63, 3.8) is 0 Å². The van der Waals surface area contributed by atoms with Crippen LogP contribution in [0.1, 0.15) is 85.5 Å². The van der Waals surface area contributed by atoms with Crippen molar-refractivity contribution in [1.82, 2.24) is 14.8 Å². The van der Waals surface area contributed by atoms with E-state index in [-0.39, 0.29) is 47.9 Å². The smallest absolute Gasteiger partial charge is 0.303 e. The van der Waals surface area contributed by atoms with Crippen molar-refractivity contribution in [3.05, 3.63) is 28.6 Å². The second-order valence-electron chi connectivity index (χ2n) is 10.6. The molecule has 186 valence electrons. The third-order valence-electron chi connectivity index (χ3n) is 6.38. The summed E-state index contributed by atoms with van der Waals surface area (Å²) in [5, 5.41) is 18.5. The fourth-order valence-electron chi connectivity index (χ4n) is 5.26. The lowest BCUT2D eigenvalue weighted by Crippen LogP contribution is -2.32. The van der Waals surface area contributed by atoms with Gasteiger partial charge < -0.3 is 20.0 Å². The van der Waals surface area contributed by atoms with E-state index in [2.05, 4.69) is 4.98 Å². The van der Waals surface area contributed by atoms with Crippen LogP contribution in [0.3, 0.4) is 0 Å². The molecule has 0 radical (unpaired) electrons. The Hall–Kier alpha value is -2.97. The minimum Gasteiger partial charge on any atom is -0.481 e. The molecule has 0 fully saturated rings. The van der Waals surface area contributed by atoms with E-state index in [0.29, 0.717) is 50.9 Å². The second-order valence-corrected chi connectivity index (χ2v) is 10.6. The molecule has 0 aromatic carbocycles. The van der Waals surface area contributed by atoms with Gasteiger partial charge in [0, 0.05) is 50.1 Å². The number of carboxylic acids is 2. The monoisotopic (exact) mass is 473 g/mol. The molecular weight excluding hydrogens is 438 g/mol. The highest BCUT2D eigenvalue weighted by molar-refractivity contribution is 6.01. The molecule has 0 spiro atoms. The average molecular weight is 474 g/mol. The Bertz CT molecular complexity index is 900. The fourth-order valence-corrected chi connectivity index (χ4v) is 5.26. The number of amides is 2. The number of pyridine rings is 1. The van der Waals surface area contributed by atoms with Gasteiger partial charge in [0.15, 0.2) is 0 Å². The molecule has 1 aromatic heterocycles. The number of aliphatic carboxylic acids is 2. The van der Waals surface area contributed by atoms with Crippen LogP contribution in [0.2, 0.25) is 0 Å². The predicted molar refractivity (Wildman–Crippen MR) is 124 cm³/mol. The molecule has 0 saturated heterocycles. The van der Waals surface area contributed by atoms with Crippen molar-refractivity contribution >= 4 is 23.8 Å². The molecule has 2 atom stereocenters. The van der Waals surface area contributed by atoms with E-state index in [1.165, 1.54) is 0 Å². The van der Waals surface area contributed by atoms with Gasteiger partial charge in [0.1, 0.15) is 11.4 Å². The van der Waals surface area contributed by atoms with Gasteiger partial charge in [-0.05, 0) is 42.6 Å². The lowest BCUT2D eigenvalue weighted by Gasteiger charge is -2.24. The Balaban J connectivity index is 1.73. The zero-order valence-electron chi connectivity index (χ0n) is 20.4. The average Bonchev–Trinajstić information content (AvgIpc) is 3.14. The summed E-state index contributed by atoms with van der Waals surface area (Å²) < 4.78 is 0. The summed E-state index contributed by atoms with van der Waals surface area (Å²) in [5.41, 5.74) is 2.02. The number of carbonyl (C=O) groups is 4. The molecular formula is C25H35N3O6. The summed E-state index contributed by atoms with van der Waals surface area (Å²) in [4.78, 5) is 56.3. The van der Waals surface area contributed by atoms with E-state index < -0.39 is 11.9 Å². The summed E-state index contributed by atoms with van der Waals surface area (Å²) in [6, 6.07) is 1.86. The first-order valence-corrected chi connectivity index (χ1v) is 12.0. The van der Waals surface area contributed by atoms with Gasteiger partial charge in [-0.1, -0.05) is 27.7 Å². The van der Waals surface area contributed by atoms with Gasteiger partial charge >= 0.3 is 11.9 Å². The van der Waals surface area contributed by atoms with Crippen molar-refractivity contribution in [3.8, 4) is 0 Å². The molecule has 2 aliphatic rings. The Kier molecular flexibility index (Phi) is 7.94. The van der Waals surface area contributed by atoms with Gasteiger partial charge in [0.2, 0.25) is 0 Å². The lowest BCUT2D eigenvalue weighted by atomic mass is 9.93. The first kappa shape index (κ1) is 25.6. The number of aromatic nitrogens is 1. The standard InChI is InChI=1S/C25H35N3O6/c1-14(2)5-16(7-20(29)30)10-27-12-18-9-19-13-28(11-17(6-15(3)4)8-21(31)32)25(34)23(19)26-22(18)24(27)33/h9,14-17H,5-8,10-13H2,1-4H3,(H,29,30)(H,31,32). The van der Waals surface area contributed by atoms with E-state index in [9.17, 15) is 29.4 Å². The molecule has 2 aliphatic heterocycles. The van der Waals surface area contributed by atoms with Crippen molar-refractivity contribution in [2.75, 3.05) is 13.1 Å². The molecule has 2 amide bonds. The van der Waals surface area contributed by atoms with Gasteiger partial charge in [0.25, 0.3) is 11.8 Å². The zero-order chi connectivity index (χ0) is 25.2. The van der Waals surface area contributed by atoms with Crippen molar-refractivity contribution < 1.29 is 29.4 Å². The molecule has 9 nitrogen and oxygen atoms in total. The van der Waals surface area contributed by atoms with Crippen molar-refractivity contribution in [2.24, 2.45) is 23.7 Å². The van der Waals surface area contributed by atoms with Crippen LogP contribution in [0.5, 0.6) is 0 Å². The number of nitrogens with zero attached hydrogens (tertiary/aromatic N) is 3. The maximum Gasteiger partial charge on any atom is 0.303 e. The SMILES string of the molecule is CC(C)CC(CC(=O)O)CN1Cc2cc3c(nc2C1=O)C(=O)N(CC(CC(=O)O)CC(C)C)C3. The number of carboxylic acid groups (broad SMARTS) is 2. The van der Waals surface area contributed by atoms with E-state index in [1.54, 1.807) is 9.80 Å². The van der Waals surface area contributed by atoms with Crippen LogP contribution in [-0.2, 0) is 22.7 Å². The second kappa shape index (κ2) is 10.5. The highest BCUT2D eigenvalue weighted by Gasteiger charge is 2.37. The lowest BCUT2D eigenvalue weighted by molar-refractivity contribution is -0.139. The Morgan fingerprint density at radius 3 is 1.53 bits per heavy atom. The van der Waals surface area contributed by atoms with E-state index in [0.717, 1.165) is 11.1 Å². The third kappa shape index (κ3) is 6.12. The largest absolute Gasteiger partial charge is 0.481 e. The molecule has 2 N–H and O–H groups in total. The number of rotatable bonds is 12. The van der Waals surface area contributed by atoms with E-state index in [1.807, 2.05) is 33.8 Å². The molecule has 34 heavy (non-hydrogen) atoms. The van der Waals surface area contributed by atoms with Crippen LogP contribution in [0, 0.1) is 23.7 Å². The van der Waals surface area contributed by atoms with E-state index >= 15 is 0 Å². The summed E-state index contributed by atoms with van der Waals surface area (Å²) in [5.74, 6) is -1.96. The van der Waals surface area contributed by atoms with Crippen LogP contribution in [0.4, 0.5) is 0 Å². The maximum absolute atomic E-state index is 13.0. The van der Waals surface area contributed by atoms with Gasteiger partial charge in [-0.3, -0.25) is 19.2 Å². The van der Waals surface area contributed by atoms with Crippen LogP contribution < -0.4 is 0 Å². The summed E-state index contributed by atoms with van der Waals surface area (Å²) in [6.07, 6.45) is 1.42. The van der Waals surface area contributed by atoms with Crippen LogP contribution >= 0.6 is 0 Å². The Morgan fingerprint density at radius 2 is 1.21 bits per heavy atom. The Morgan fingerprint density at radius 1 is 0.824 bits per heavy atom. The third-order valence-corrected chi connectivity index (χ3v) is 6.38. The van der Waals surface area contributed by atoms with Gasteiger partial charge in [-0.25, -0.2) is 4.98 Å². The molecule has 9 heteroatoms. The zero-order valence-corrected chi connectivity index (χ0v) is 20.4. The molecule has 2 unspecified atom stereocenters. The number of carbonyl (C=O) groups excluding carboxylic acids is 2. The van der Waals surface area contributed by atoms with Gasteiger partial charge in [-0.2, -0.15) is 0 Å². The van der Waals surface area contributed by atoms with Crippen LogP contribution in [-0.4, -0.2) is 61.8 Å². The Labute approximate surface area is 200 Å². The molecule has 3 rings (SSSR count). The predicted octanol–water partition coefficient (Wildman–Crippen LogP) is 3.27. The minimum absolute atomic E-state index is 0.00354. The molecule has 0 aliphatic carbocycles. The topological polar surface area (TPSA) is 128 Å². The maximum atomic E-state index is 13.0. The van der Waals surface area contributed by atoms with Crippen LogP contribution in [0.15, 0.2) is 6.07 Å². The highest BCUT2D eigenvalue weighted by atomic mass is 16.4. The van der Waals surface area contributed by atoms with Gasteiger partial charge in [0.05, 0.1) is 0 Å². The number of fused-ring (bicyclic) bond motifs is 2. The van der Waals surface area contributed by atoms with Gasteiger partial charge in [-0.15, -0.1) is 0 Å². The quantitative estimate of drug-likeness (QED) is 0.477. The minimum atomic E-state index is -0.878. The summed E-state index contributed by atoms with van der Waals surface area (Å²) in [6.45, 7) is 9.51. The molecule has 0 bridgehead atoms. The summed E-state index contributed by atoms with van der Waals surface area (Å²) in [7, 11) is 0. The number of hydrogen-bond acceptors (Lipinski definition) is 5. The first-order valence-electron chi connectivity index (χ1n) is 12.0. The number of hydrogen-bond donors (Lipinski definition) is 2. The fraction of sp³-hybridized carbons (Fsp3) is 0.640. The molecule has 3 heterocycles. The van der Waals surface area contributed by atoms with Crippen molar-refractivity contribution in [1.29, 1.82) is 0 Å². The molecule has 0 saturated carbocycles. The first-order chi connectivity index (χ1) is 15.9. The van der Waals surface area contributed by atoms with E-state index in [4.69, 9.17) is 0 Å². The normalized spacial score (nSPS) is 16.9.